The van der Waals surface area contributed by atoms with Crippen molar-refractivity contribution in [2.24, 2.45) is 11.3 Å². The first-order valence-electron chi connectivity index (χ1n) is 11.6. The summed E-state index contributed by atoms with van der Waals surface area (Å²) in [5.74, 6) is -2.04. The molecule has 4 aromatic rings. The highest BCUT2D eigenvalue weighted by atomic mass is 79.9. The second kappa shape index (κ2) is 10.0. The Bertz CT molecular complexity index is 1560. The van der Waals surface area contributed by atoms with Gasteiger partial charge in [0.1, 0.15) is 47.6 Å². The molecule has 0 saturated carbocycles. The Morgan fingerprint density at radius 3 is 2.76 bits per heavy atom. The van der Waals surface area contributed by atoms with E-state index < -0.39 is 35.6 Å². The van der Waals surface area contributed by atoms with Crippen molar-refractivity contribution in [2.45, 2.75) is 32.1 Å². The number of hydrogen-bond acceptors (Lipinski definition) is 8. The van der Waals surface area contributed by atoms with Gasteiger partial charge in [-0.1, -0.05) is 18.5 Å². The van der Waals surface area contributed by atoms with E-state index >= 15 is 0 Å². The highest BCUT2D eigenvalue weighted by Crippen LogP contribution is 2.53. The fraction of sp³-hybridized carbons (Fsp3) is 0.320. The van der Waals surface area contributed by atoms with Gasteiger partial charge in [-0.2, -0.15) is 0 Å². The van der Waals surface area contributed by atoms with Crippen LogP contribution in [0.3, 0.4) is 0 Å². The third-order valence-electron chi connectivity index (χ3n) is 7.06. The van der Waals surface area contributed by atoms with Gasteiger partial charge >= 0.3 is 11.9 Å². The van der Waals surface area contributed by atoms with E-state index in [1.807, 2.05) is 12.1 Å². The third-order valence-corrected chi connectivity index (χ3v) is 8.00. The molecule has 0 aliphatic carbocycles. The van der Waals surface area contributed by atoms with E-state index in [-0.39, 0.29) is 24.6 Å². The summed E-state index contributed by atoms with van der Waals surface area (Å²) in [7, 11) is 0. The Hall–Kier alpha value is -3.48. The number of aromatic nitrogens is 4. The first-order valence-corrected chi connectivity index (χ1v) is 12.8. The largest absolute Gasteiger partial charge is 0.491 e. The molecule has 1 saturated heterocycles. The highest BCUT2D eigenvalue weighted by Gasteiger charge is 2.56. The molecule has 198 valence electrons. The zero-order valence-electron chi connectivity index (χ0n) is 20.0. The maximum atomic E-state index is 12.0. The first kappa shape index (κ1) is 26.1. The van der Waals surface area contributed by atoms with Gasteiger partial charge in [0, 0.05) is 29.0 Å². The van der Waals surface area contributed by atoms with Gasteiger partial charge < -0.3 is 30.0 Å². The van der Waals surface area contributed by atoms with Crippen LogP contribution in [0.1, 0.15) is 26.0 Å². The standard InChI is InChI=1S/C25H23BrClN5O6/c1-25(9-20(35)36)15(8-19(33)34)24(32-5-4-14-21(27)29-11-30-23(14)32)38-18(25)10-37-13-3-2-12-6-16(26)22(28)31-17(12)7-13/h2-7,11,15,18,24H,8-10H2,1H3,(H2,28,31)(H,33,34)(H,35,36)/t15-,18-,24+,25+/m0/s1. The molecule has 1 aromatic carbocycles. The number of nitrogen functional groups attached to an aromatic ring is 1. The molecular weight excluding hydrogens is 582 g/mol. The van der Waals surface area contributed by atoms with Gasteiger partial charge in [0.2, 0.25) is 0 Å². The molecule has 4 heterocycles. The summed E-state index contributed by atoms with van der Waals surface area (Å²) in [5, 5.41) is 21.2. The topological polar surface area (TPSA) is 163 Å². The van der Waals surface area contributed by atoms with Gasteiger partial charge in [-0.25, -0.2) is 15.0 Å². The third kappa shape index (κ3) is 4.74. The van der Waals surface area contributed by atoms with Crippen molar-refractivity contribution in [3.05, 3.63) is 52.5 Å². The number of anilines is 1. The van der Waals surface area contributed by atoms with Crippen LogP contribution < -0.4 is 10.5 Å². The van der Waals surface area contributed by atoms with E-state index in [2.05, 4.69) is 30.9 Å². The molecule has 11 nitrogen and oxygen atoms in total. The predicted molar refractivity (Wildman–Crippen MR) is 142 cm³/mol. The number of fused-ring (bicyclic) bond motifs is 2. The molecular formula is C25H23BrClN5O6. The van der Waals surface area contributed by atoms with E-state index in [9.17, 15) is 19.8 Å². The molecule has 0 radical (unpaired) electrons. The average molecular weight is 605 g/mol. The van der Waals surface area contributed by atoms with E-state index in [1.54, 1.807) is 35.9 Å². The summed E-state index contributed by atoms with van der Waals surface area (Å²) in [6.07, 6.45) is 0.751. The molecule has 0 unspecified atom stereocenters. The van der Waals surface area contributed by atoms with Crippen LogP contribution in [0.5, 0.6) is 5.75 Å². The lowest BCUT2D eigenvalue weighted by Gasteiger charge is -2.33. The number of carboxylic acids is 2. The summed E-state index contributed by atoms with van der Waals surface area (Å²) < 4.78 is 14.8. The Kier molecular flexibility index (Phi) is 6.88. The maximum absolute atomic E-state index is 12.0. The number of pyridine rings is 1. The second-order valence-electron chi connectivity index (χ2n) is 9.44. The fourth-order valence-corrected chi connectivity index (χ4v) is 5.63. The zero-order chi connectivity index (χ0) is 27.2. The minimum Gasteiger partial charge on any atom is -0.491 e. The van der Waals surface area contributed by atoms with Crippen LogP contribution in [-0.2, 0) is 14.3 Å². The molecule has 4 atom stereocenters. The molecule has 13 heteroatoms. The number of ether oxygens (including phenoxy) is 2. The quantitative estimate of drug-likeness (QED) is 0.244. The summed E-state index contributed by atoms with van der Waals surface area (Å²) in [4.78, 5) is 36.5. The fourth-order valence-electron chi connectivity index (χ4n) is 5.11. The Balaban J connectivity index is 1.50. The number of nitrogens with two attached hydrogens (primary N) is 1. The van der Waals surface area contributed by atoms with Crippen molar-refractivity contribution in [2.75, 3.05) is 12.3 Å². The van der Waals surface area contributed by atoms with Crippen LogP contribution in [0.4, 0.5) is 5.82 Å². The minimum absolute atomic E-state index is 0.0249. The lowest BCUT2D eigenvalue weighted by molar-refractivity contribution is -0.144. The van der Waals surface area contributed by atoms with Crippen molar-refractivity contribution in [1.82, 2.24) is 19.5 Å². The van der Waals surface area contributed by atoms with Crippen molar-refractivity contribution in [3.8, 4) is 5.75 Å². The number of halogens is 2. The van der Waals surface area contributed by atoms with Gasteiger partial charge in [0.05, 0.1) is 28.2 Å². The van der Waals surface area contributed by atoms with Gasteiger partial charge in [-0.15, -0.1) is 0 Å². The number of benzene rings is 1. The Morgan fingerprint density at radius 2 is 2.03 bits per heavy atom. The number of carboxylic acid groups (broad SMARTS) is 2. The Labute approximate surface area is 229 Å². The number of aliphatic carboxylic acids is 2. The SMILES string of the molecule is C[C@]1(CC(=O)O)[C@H](COc2ccc3cc(Br)c(N)nc3c2)O[C@@H](n2ccc3c(Cl)ncnc32)[C@@H]1CC(=O)O. The van der Waals surface area contributed by atoms with Crippen LogP contribution in [0, 0.1) is 11.3 Å². The van der Waals surface area contributed by atoms with Crippen LogP contribution in [0.2, 0.25) is 5.15 Å². The molecule has 1 fully saturated rings. The van der Waals surface area contributed by atoms with Crippen molar-refractivity contribution in [3.63, 3.8) is 0 Å². The zero-order valence-corrected chi connectivity index (χ0v) is 22.4. The van der Waals surface area contributed by atoms with Crippen LogP contribution >= 0.6 is 27.5 Å². The van der Waals surface area contributed by atoms with E-state index in [0.29, 0.717) is 32.6 Å². The number of rotatable bonds is 8. The normalized spacial score (nSPS) is 23.2. The monoisotopic (exact) mass is 603 g/mol. The molecule has 5 rings (SSSR count). The van der Waals surface area contributed by atoms with Crippen molar-refractivity contribution < 1.29 is 29.3 Å². The van der Waals surface area contributed by atoms with Gasteiger partial charge in [0.25, 0.3) is 0 Å². The summed E-state index contributed by atoms with van der Waals surface area (Å²) >= 11 is 9.58. The molecule has 3 aromatic heterocycles. The average Bonchev–Trinajstić information content (AvgIpc) is 3.38. The summed E-state index contributed by atoms with van der Waals surface area (Å²) in [5.41, 5.74) is 5.90. The molecule has 4 N–H and O–H groups in total. The van der Waals surface area contributed by atoms with E-state index in [1.165, 1.54) is 6.33 Å². The van der Waals surface area contributed by atoms with Gasteiger partial charge in [-0.3, -0.25) is 9.59 Å². The first-order chi connectivity index (χ1) is 18.1. The van der Waals surface area contributed by atoms with Gasteiger partial charge in [0.15, 0.2) is 0 Å². The lowest BCUT2D eigenvalue weighted by Crippen LogP contribution is -2.40. The van der Waals surface area contributed by atoms with Gasteiger partial charge in [-0.05, 0) is 40.2 Å². The van der Waals surface area contributed by atoms with Crippen LogP contribution in [-0.4, -0.2) is 54.4 Å². The lowest BCUT2D eigenvalue weighted by atomic mass is 9.70. The second-order valence-corrected chi connectivity index (χ2v) is 10.7. The molecule has 0 spiro atoms. The minimum atomic E-state index is -1.09. The highest BCUT2D eigenvalue weighted by molar-refractivity contribution is 9.10. The molecule has 1 aliphatic heterocycles. The smallest absolute Gasteiger partial charge is 0.304 e. The molecule has 0 amide bonds. The molecule has 1 aliphatic rings. The Morgan fingerprint density at radius 1 is 1.24 bits per heavy atom. The van der Waals surface area contributed by atoms with Crippen LogP contribution in [0.25, 0.3) is 21.9 Å². The molecule has 0 bridgehead atoms. The molecule has 38 heavy (non-hydrogen) atoms. The predicted octanol–water partition coefficient (Wildman–Crippen LogP) is 4.53. The van der Waals surface area contributed by atoms with Crippen molar-refractivity contribution in [1.29, 1.82) is 0 Å². The number of carbonyl (C=O) groups is 2. The number of nitrogens with zero attached hydrogens (tertiary/aromatic N) is 4. The maximum Gasteiger partial charge on any atom is 0.304 e. The number of hydrogen-bond donors (Lipinski definition) is 3. The summed E-state index contributed by atoms with van der Waals surface area (Å²) in [6.45, 7) is 1.69. The van der Waals surface area contributed by atoms with Crippen molar-refractivity contribution >= 4 is 67.2 Å². The van der Waals surface area contributed by atoms with E-state index in [4.69, 9.17) is 26.8 Å². The van der Waals surface area contributed by atoms with Crippen LogP contribution in [0.15, 0.2) is 47.3 Å². The summed E-state index contributed by atoms with van der Waals surface area (Å²) in [6, 6.07) is 8.89. The van der Waals surface area contributed by atoms with E-state index in [0.717, 1.165) is 5.39 Å².